The quantitative estimate of drug-likeness (QED) is 0.809. The van der Waals surface area contributed by atoms with Crippen LogP contribution in [0.2, 0.25) is 0 Å². The van der Waals surface area contributed by atoms with Gasteiger partial charge in [-0.05, 0) is 37.0 Å². The van der Waals surface area contributed by atoms with Gasteiger partial charge in [-0.25, -0.2) is 13.1 Å². The highest BCUT2D eigenvalue weighted by Crippen LogP contribution is 2.29. The molecule has 0 aromatic heterocycles. The molecule has 1 aliphatic carbocycles. The van der Waals surface area contributed by atoms with E-state index in [1.807, 2.05) is 0 Å². The minimum absolute atomic E-state index is 0.0251. The fraction of sp³-hybridized carbons (Fsp3) is 0.571. The number of anilines is 1. The minimum atomic E-state index is -3.56. The summed E-state index contributed by atoms with van der Waals surface area (Å²) in [4.78, 5) is 0.160. The van der Waals surface area contributed by atoms with E-state index in [1.165, 1.54) is 6.42 Å². The van der Waals surface area contributed by atoms with E-state index in [4.69, 9.17) is 5.73 Å². The summed E-state index contributed by atoms with van der Waals surface area (Å²) in [6.45, 7) is 2.12. The molecule has 1 aromatic rings. The standard InChI is InChI=1S/C14H21BrN2O2S/c1-2-10-5-3-4-6-13(10)17-20(18,19)14-9-11(15)7-8-12(14)16/h7-10,13,17H,2-6,16H2,1H3. The van der Waals surface area contributed by atoms with Crippen molar-refractivity contribution in [2.75, 3.05) is 5.73 Å². The number of nitrogen functional groups attached to an aromatic ring is 1. The van der Waals surface area contributed by atoms with Crippen molar-refractivity contribution >= 4 is 31.6 Å². The molecule has 20 heavy (non-hydrogen) atoms. The molecule has 4 nitrogen and oxygen atoms in total. The predicted molar refractivity (Wildman–Crippen MR) is 84.9 cm³/mol. The highest BCUT2D eigenvalue weighted by Gasteiger charge is 2.29. The molecule has 6 heteroatoms. The molecule has 1 saturated carbocycles. The number of nitrogens with two attached hydrogens (primary N) is 1. The summed E-state index contributed by atoms with van der Waals surface area (Å²) in [5.41, 5.74) is 6.09. The van der Waals surface area contributed by atoms with E-state index in [9.17, 15) is 8.42 Å². The SMILES string of the molecule is CCC1CCCCC1NS(=O)(=O)c1cc(Br)ccc1N. The summed E-state index contributed by atoms with van der Waals surface area (Å²) in [5.74, 6) is 0.423. The van der Waals surface area contributed by atoms with Crippen LogP contribution in [-0.2, 0) is 10.0 Å². The van der Waals surface area contributed by atoms with Crippen LogP contribution >= 0.6 is 15.9 Å². The monoisotopic (exact) mass is 360 g/mol. The van der Waals surface area contributed by atoms with Crippen LogP contribution in [0.3, 0.4) is 0 Å². The molecule has 2 rings (SSSR count). The van der Waals surface area contributed by atoms with Crippen molar-refractivity contribution in [3.8, 4) is 0 Å². The third-order valence-electron chi connectivity index (χ3n) is 4.01. The summed E-state index contributed by atoms with van der Waals surface area (Å²) in [6, 6.07) is 4.93. The number of nitrogens with one attached hydrogen (secondary N) is 1. The van der Waals surface area contributed by atoms with Crippen molar-refractivity contribution < 1.29 is 8.42 Å². The van der Waals surface area contributed by atoms with Gasteiger partial charge in [0.05, 0.1) is 5.69 Å². The van der Waals surface area contributed by atoms with Crippen LogP contribution in [0.5, 0.6) is 0 Å². The van der Waals surface area contributed by atoms with Crippen molar-refractivity contribution in [3.05, 3.63) is 22.7 Å². The molecule has 1 aliphatic rings. The van der Waals surface area contributed by atoms with E-state index < -0.39 is 10.0 Å². The van der Waals surface area contributed by atoms with Crippen molar-refractivity contribution in [2.24, 2.45) is 5.92 Å². The summed E-state index contributed by atoms with van der Waals surface area (Å²) < 4.78 is 28.6. The highest BCUT2D eigenvalue weighted by atomic mass is 79.9. The van der Waals surface area contributed by atoms with Crippen LogP contribution in [0.25, 0.3) is 0 Å². The fourth-order valence-electron chi connectivity index (χ4n) is 2.86. The molecule has 0 spiro atoms. The second-order valence-electron chi connectivity index (χ2n) is 5.36. The number of hydrogen-bond acceptors (Lipinski definition) is 3. The summed E-state index contributed by atoms with van der Waals surface area (Å²) in [7, 11) is -3.56. The minimum Gasteiger partial charge on any atom is -0.398 e. The molecule has 112 valence electrons. The van der Waals surface area contributed by atoms with Gasteiger partial charge in [-0.1, -0.05) is 42.1 Å². The fourth-order valence-corrected chi connectivity index (χ4v) is 4.86. The smallest absolute Gasteiger partial charge is 0.242 e. The van der Waals surface area contributed by atoms with Gasteiger partial charge >= 0.3 is 0 Å². The van der Waals surface area contributed by atoms with Gasteiger partial charge in [0.25, 0.3) is 0 Å². The molecule has 0 amide bonds. The third-order valence-corrected chi connectivity index (χ3v) is 6.04. The van der Waals surface area contributed by atoms with E-state index in [0.29, 0.717) is 10.4 Å². The van der Waals surface area contributed by atoms with Gasteiger partial charge in [0.15, 0.2) is 0 Å². The van der Waals surface area contributed by atoms with Gasteiger partial charge in [-0.3, -0.25) is 0 Å². The summed E-state index contributed by atoms with van der Waals surface area (Å²) in [6.07, 6.45) is 5.28. The Morgan fingerprint density at radius 1 is 1.35 bits per heavy atom. The molecule has 0 aliphatic heterocycles. The largest absolute Gasteiger partial charge is 0.398 e. The maximum absolute atomic E-state index is 12.5. The van der Waals surface area contributed by atoms with Gasteiger partial charge in [0, 0.05) is 10.5 Å². The first kappa shape index (κ1) is 15.8. The van der Waals surface area contributed by atoms with E-state index in [-0.39, 0.29) is 16.6 Å². The molecule has 3 N–H and O–H groups in total. The number of sulfonamides is 1. The summed E-state index contributed by atoms with van der Waals surface area (Å²) >= 11 is 3.29. The first-order valence-corrected chi connectivity index (χ1v) is 9.29. The zero-order valence-corrected chi connectivity index (χ0v) is 14.0. The van der Waals surface area contributed by atoms with Crippen molar-refractivity contribution in [1.29, 1.82) is 0 Å². The molecule has 2 unspecified atom stereocenters. The predicted octanol–water partition coefficient (Wildman–Crippen LogP) is 3.28. The van der Waals surface area contributed by atoms with Crippen LogP contribution in [0.15, 0.2) is 27.6 Å². The van der Waals surface area contributed by atoms with Crippen molar-refractivity contribution in [3.63, 3.8) is 0 Å². The Balaban J connectivity index is 2.24. The van der Waals surface area contributed by atoms with Crippen molar-refractivity contribution in [1.82, 2.24) is 4.72 Å². The lowest BCUT2D eigenvalue weighted by Gasteiger charge is -2.31. The van der Waals surface area contributed by atoms with E-state index >= 15 is 0 Å². The Hall–Kier alpha value is -0.590. The lowest BCUT2D eigenvalue weighted by atomic mass is 9.83. The van der Waals surface area contributed by atoms with Crippen LogP contribution in [-0.4, -0.2) is 14.5 Å². The second kappa shape index (κ2) is 6.45. The first-order chi connectivity index (χ1) is 9.44. The molecule has 0 heterocycles. The number of hydrogen-bond donors (Lipinski definition) is 2. The van der Waals surface area contributed by atoms with Crippen LogP contribution in [0.4, 0.5) is 5.69 Å². The zero-order valence-electron chi connectivity index (χ0n) is 11.6. The lowest BCUT2D eigenvalue weighted by Crippen LogP contribution is -2.42. The molecule has 1 fully saturated rings. The molecular formula is C14H21BrN2O2S. The molecule has 0 saturated heterocycles. The number of benzene rings is 1. The van der Waals surface area contributed by atoms with E-state index in [1.54, 1.807) is 18.2 Å². The lowest BCUT2D eigenvalue weighted by molar-refractivity contribution is 0.282. The molecular weight excluding hydrogens is 340 g/mol. The van der Waals surface area contributed by atoms with E-state index in [2.05, 4.69) is 27.6 Å². The Morgan fingerprint density at radius 2 is 2.05 bits per heavy atom. The van der Waals surface area contributed by atoms with Crippen LogP contribution in [0.1, 0.15) is 39.0 Å². The Labute approximate surface area is 129 Å². The van der Waals surface area contributed by atoms with Crippen molar-refractivity contribution in [2.45, 2.75) is 50.0 Å². The maximum Gasteiger partial charge on any atom is 0.242 e. The molecule has 2 atom stereocenters. The Bertz CT molecular complexity index is 575. The third kappa shape index (κ3) is 3.54. The zero-order chi connectivity index (χ0) is 14.8. The van der Waals surface area contributed by atoms with Gasteiger partial charge in [0.1, 0.15) is 4.90 Å². The van der Waals surface area contributed by atoms with Gasteiger partial charge in [-0.15, -0.1) is 0 Å². The molecule has 0 radical (unpaired) electrons. The number of rotatable bonds is 4. The van der Waals surface area contributed by atoms with Gasteiger partial charge in [0.2, 0.25) is 10.0 Å². The van der Waals surface area contributed by atoms with Crippen LogP contribution in [0, 0.1) is 5.92 Å². The highest BCUT2D eigenvalue weighted by molar-refractivity contribution is 9.10. The second-order valence-corrected chi connectivity index (χ2v) is 7.96. The summed E-state index contributed by atoms with van der Waals surface area (Å²) in [5, 5.41) is 0. The Kier molecular flexibility index (Phi) is 5.09. The average molecular weight is 361 g/mol. The normalized spacial score (nSPS) is 23.7. The van der Waals surface area contributed by atoms with E-state index in [0.717, 1.165) is 25.7 Å². The maximum atomic E-state index is 12.5. The first-order valence-electron chi connectivity index (χ1n) is 7.01. The van der Waals surface area contributed by atoms with Gasteiger partial charge in [-0.2, -0.15) is 0 Å². The average Bonchev–Trinajstić information content (AvgIpc) is 2.41. The van der Waals surface area contributed by atoms with Crippen LogP contribution < -0.4 is 10.5 Å². The topological polar surface area (TPSA) is 72.2 Å². The number of halogens is 1. The molecule has 1 aromatic carbocycles. The molecule has 0 bridgehead atoms. The Morgan fingerprint density at radius 3 is 2.75 bits per heavy atom. The van der Waals surface area contributed by atoms with Gasteiger partial charge < -0.3 is 5.73 Å².